The van der Waals surface area contributed by atoms with E-state index in [4.69, 9.17) is 4.74 Å². The number of benzene rings is 2. The molecule has 0 saturated heterocycles. The number of hydrogen-bond acceptors (Lipinski definition) is 6. The Labute approximate surface area is 172 Å². The summed E-state index contributed by atoms with van der Waals surface area (Å²) in [6, 6.07) is 12.9. The van der Waals surface area contributed by atoms with E-state index in [1.807, 2.05) is 35.8 Å². The molecule has 9 nitrogen and oxygen atoms in total. The Hall–Kier alpha value is -4.01. The van der Waals surface area contributed by atoms with Gasteiger partial charge in [-0.2, -0.15) is 5.10 Å². The molecule has 0 bridgehead atoms. The smallest absolute Gasteiger partial charge is 0.325 e. The van der Waals surface area contributed by atoms with Gasteiger partial charge >= 0.3 is 5.97 Å². The van der Waals surface area contributed by atoms with Crippen LogP contribution in [-0.4, -0.2) is 34.2 Å². The summed E-state index contributed by atoms with van der Waals surface area (Å²) in [7, 11) is 0. The van der Waals surface area contributed by atoms with Crippen molar-refractivity contribution in [2.24, 2.45) is 5.10 Å². The average Bonchev–Trinajstić information content (AvgIpc) is 3.00. The first-order chi connectivity index (χ1) is 14.4. The average molecular weight is 408 g/mol. The number of hydrogen-bond donors (Lipinski definition) is 1. The number of amides is 1. The van der Waals surface area contributed by atoms with Crippen molar-refractivity contribution >= 4 is 34.7 Å². The highest BCUT2D eigenvalue weighted by atomic mass is 16.6. The van der Waals surface area contributed by atoms with Crippen molar-refractivity contribution in [3.8, 4) is 0 Å². The molecule has 0 fully saturated rings. The fourth-order valence-electron chi connectivity index (χ4n) is 3.14. The molecule has 1 amide bonds. The molecule has 1 aromatic heterocycles. The summed E-state index contributed by atoms with van der Waals surface area (Å²) in [6.45, 7) is 3.97. The zero-order valence-corrected chi connectivity index (χ0v) is 16.5. The molecule has 2 aromatic carbocycles. The van der Waals surface area contributed by atoms with Gasteiger partial charge in [-0.15, -0.1) is 0 Å². The molecule has 0 radical (unpaired) electrons. The molecule has 3 rings (SSSR count). The Balaban J connectivity index is 1.85. The maximum Gasteiger partial charge on any atom is 0.325 e. The molecule has 1 N–H and O–H groups in total. The monoisotopic (exact) mass is 408 g/mol. The van der Waals surface area contributed by atoms with Crippen molar-refractivity contribution in [2.45, 2.75) is 20.4 Å². The normalized spacial score (nSPS) is 11.0. The Morgan fingerprint density at radius 3 is 2.73 bits per heavy atom. The number of aromatic nitrogens is 1. The second-order valence-corrected chi connectivity index (χ2v) is 6.41. The summed E-state index contributed by atoms with van der Waals surface area (Å²) in [4.78, 5) is 34.5. The summed E-state index contributed by atoms with van der Waals surface area (Å²) in [6.07, 6.45) is 1.49. The molecule has 1 heterocycles. The molecule has 0 aliphatic heterocycles. The Kier molecular flexibility index (Phi) is 6.21. The van der Waals surface area contributed by atoms with Crippen LogP contribution in [-0.2, 0) is 16.1 Å². The third-order valence-corrected chi connectivity index (χ3v) is 4.55. The highest BCUT2D eigenvalue weighted by Gasteiger charge is 2.16. The minimum Gasteiger partial charge on any atom is -0.465 e. The van der Waals surface area contributed by atoms with Crippen LogP contribution in [0.25, 0.3) is 10.9 Å². The second-order valence-electron chi connectivity index (χ2n) is 6.41. The molecule has 9 heteroatoms. The van der Waals surface area contributed by atoms with Crippen LogP contribution in [0.4, 0.5) is 5.69 Å². The molecule has 0 saturated carbocycles. The molecular formula is C21H20N4O5. The first kappa shape index (κ1) is 20.7. The van der Waals surface area contributed by atoms with Crippen molar-refractivity contribution in [2.75, 3.05) is 6.61 Å². The van der Waals surface area contributed by atoms with E-state index in [1.165, 1.54) is 30.5 Å². The Morgan fingerprint density at radius 1 is 1.23 bits per heavy atom. The van der Waals surface area contributed by atoms with Crippen LogP contribution in [0.3, 0.4) is 0 Å². The standard InChI is InChI=1S/C21H20N4O5/c1-3-30-20(26)13-24-14(2)18(17-9-4-5-10-19(17)24)12-22-23-21(27)15-7-6-8-16(11-15)25(28)29/h4-12H,3,13H2,1-2H3,(H,23,27)/b22-12-. The lowest BCUT2D eigenvalue weighted by atomic mass is 10.1. The highest BCUT2D eigenvalue weighted by molar-refractivity contribution is 6.02. The highest BCUT2D eigenvalue weighted by Crippen LogP contribution is 2.24. The number of nitrogens with zero attached hydrogens (tertiary/aromatic N) is 3. The number of rotatable bonds is 7. The summed E-state index contributed by atoms with van der Waals surface area (Å²) >= 11 is 0. The molecule has 0 unspecified atom stereocenters. The van der Waals surface area contributed by atoms with E-state index in [0.29, 0.717) is 6.61 Å². The summed E-state index contributed by atoms with van der Waals surface area (Å²) < 4.78 is 6.88. The third kappa shape index (κ3) is 4.35. The summed E-state index contributed by atoms with van der Waals surface area (Å²) in [5, 5.41) is 15.7. The Bertz CT molecular complexity index is 1150. The second kappa shape index (κ2) is 8.99. The van der Waals surface area contributed by atoms with Crippen molar-refractivity contribution in [1.29, 1.82) is 0 Å². The van der Waals surface area contributed by atoms with Crippen LogP contribution < -0.4 is 5.43 Å². The zero-order chi connectivity index (χ0) is 21.7. The van der Waals surface area contributed by atoms with E-state index in [0.717, 1.165) is 22.2 Å². The van der Waals surface area contributed by atoms with Gasteiger partial charge in [-0.1, -0.05) is 24.3 Å². The van der Waals surface area contributed by atoms with Gasteiger partial charge in [0.05, 0.1) is 17.7 Å². The first-order valence-corrected chi connectivity index (χ1v) is 9.23. The number of non-ortho nitro benzene ring substituents is 1. The number of para-hydroxylation sites is 1. The lowest BCUT2D eigenvalue weighted by Crippen LogP contribution is -2.17. The van der Waals surface area contributed by atoms with Gasteiger partial charge < -0.3 is 9.30 Å². The number of fused-ring (bicyclic) bond motifs is 1. The van der Waals surface area contributed by atoms with Crippen LogP contribution in [0.1, 0.15) is 28.5 Å². The van der Waals surface area contributed by atoms with Gasteiger partial charge in [0, 0.05) is 39.9 Å². The summed E-state index contributed by atoms with van der Waals surface area (Å²) in [5.41, 5.74) is 4.71. The molecule has 0 aliphatic rings. The van der Waals surface area contributed by atoms with E-state index in [9.17, 15) is 19.7 Å². The van der Waals surface area contributed by atoms with Gasteiger partial charge in [-0.3, -0.25) is 19.7 Å². The van der Waals surface area contributed by atoms with Crippen molar-refractivity contribution in [3.63, 3.8) is 0 Å². The van der Waals surface area contributed by atoms with Gasteiger partial charge in [0.1, 0.15) is 6.54 Å². The maximum absolute atomic E-state index is 12.3. The quantitative estimate of drug-likeness (QED) is 0.279. The number of carbonyl (C=O) groups is 2. The third-order valence-electron chi connectivity index (χ3n) is 4.55. The van der Waals surface area contributed by atoms with E-state index >= 15 is 0 Å². The maximum atomic E-state index is 12.3. The predicted molar refractivity (Wildman–Crippen MR) is 111 cm³/mol. The van der Waals surface area contributed by atoms with Gasteiger partial charge in [0.25, 0.3) is 11.6 Å². The van der Waals surface area contributed by atoms with Crippen LogP contribution in [0, 0.1) is 17.0 Å². The lowest BCUT2D eigenvalue weighted by Gasteiger charge is -2.07. The van der Waals surface area contributed by atoms with E-state index in [2.05, 4.69) is 10.5 Å². The van der Waals surface area contributed by atoms with Gasteiger partial charge in [-0.05, 0) is 26.0 Å². The van der Waals surface area contributed by atoms with Gasteiger partial charge in [0.15, 0.2) is 0 Å². The fraction of sp³-hybridized carbons (Fsp3) is 0.190. The van der Waals surface area contributed by atoms with Crippen molar-refractivity contribution in [3.05, 3.63) is 75.5 Å². The van der Waals surface area contributed by atoms with Gasteiger partial charge in [0.2, 0.25) is 0 Å². The number of carbonyl (C=O) groups excluding carboxylic acids is 2. The van der Waals surface area contributed by atoms with Crippen molar-refractivity contribution < 1.29 is 19.2 Å². The minimum atomic E-state index is -0.568. The molecule has 0 atom stereocenters. The van der Waals surface area contributed by atoms with Crippen LogP contribution in [0.5, 0.6) is 0 Å². The molecule has 0 aliphatic carbocycles. The minimum absolute atomic E-state index is 0.0636. The van der Waals surface area contributed by atoms with E-state index < -0.39 is 10.8 Å². The Morgan fingerprint density at radius 2 is 2.00 bits per heavy atom. The topological polar surface area (TPSA) is 116 Å². The van der Waals surface area contributed by atoms with Gasteiger partial charge in [-0.25, -0.2) is 5.43 Å². The number of nitro benzene ring substituents is 1. The number of esters is 1. The number of nitrogens with one attached hydrogen (secondary N) is 1. The predicted octanol–water partition coefficient (Wildman–Crippen LogP) is 3.18. The number of nitro groups is 1. The SMILES string of the molecule is CCOC(=O)Cn1c(C)c(/C=N\NC(=O)c2cccc([N+](=O)[O-])c2)c2ccccc21. The molecule has 30 heavy (non-hydrogen) atoms. The number of hydrazone groups is 1. The molecule has 3 aromatic rings. The van der Waals surface area contributed by atoms with E-state index in [-0.39, 0.29) is 23.8 Å². The van der Waals surface area contributed by atoms with Crippen molar-refractivity contribution in [1.82, 2.24) is 9.99 Å². The first-order valence-electron chi connectivity index (χ1n) is 9.23. The number of ether oxygens (including phenoxy) is 1. The zero-order valence-electron chi connectivity index (χ0n) is 16.5. The molecular weight excluding hydrogens is 388 g/mol. The fourth-order valence-corrected chi connectivity index (χ4v) is 3.14. The van der Waals surface area contributed by atoms with Crippen LogP contribution >= 0.6 is 0 Å². The molecule has 0 spiro atoms. The van der Waals surface area contributed by atoms with E-state index in [1.54, 1.807) is 6.92 Å². The molecule has 154 valence electrons. The van der Waals surface area contributed by atoms with Crippen LogP contribution in [0.15, 0.2) is 53.6 Å². The van der Waals surface area contributed by atoms with Crippen LogP contribution in [0.2, 0.25) is 0 Å². The lowest BCUT2D eigenvalue weighted by molar-refractivity contribution is -0.384. The largest absolute Gasteiger partial charge is 0.465 e. The summed E-state index contributed by atoms with van der Waals surface area (Å²) in [5.74, 6) is -0.910.